The number of carbonyl (C=O) groups is 1. The highest BCUT2D eigenvalue weighted by Gasteiger charge is 2.37. The SMILES string of the molecule is CCC(c1nc2ccccc2c(=O)n1-c1ccccc1)N(CCOC)C(=O)Nc1cc(C(F)(F)F)cc(C(F)(F)F)c1. The fraction of sp³-hybridized carbons (Fsp3) is 0.276. The molecule has 2 amide bonds. The summed E-state index contributed by atoms with van der Waals surface area (Å²) in [6, 6.07) is 14.0. The third kappa shape index (κ3) is 6.56. The monoisotopic (exact) mass is 592 g/mol. The number of amides is 2. The Morgan fingerprint density at radius 2 is 1.55 bits per heavy atom. The van der Waals surface area contributed by atoms with Crippen LogP contribution in [0.2, 0.25) is 0 Å². The molecule has 0 saturated heterocycles. The number of benzene rings is 3. The number of nitrogens with zero attached hydrogens (tertiary/aromatic N) is 3. The minimum Gasteiger partial charge on any atom is -0.383 e. The van der Waals surface area contributed by atoms with Gasteiger partial charge in [-0.05, 0) is 48.9 Å². The number of para-hydroxylation sites is 2. The number of hydrogen-bond donors (Lipinski definition) is 1. The summed E-state index contributed by atoms with van der Waals surface area (Å²) in [5.41, 5.74) is -3.46. The van der Waals surface area contributed by atoms with Gasteiger partial charge in [-0.1, -0.05) is 37.3 Å². The van der Waals surface area contributed by atoms with Crippen molar-refractivity contribution in [3.8, 4) is 5.69 Å². The van der Waals surface area contributed by atoms with Gasteiger partial charge in [-0.2, -0.15) is 26.3 Å². The lowest BCUT2D eigenvalue weighted by molar-refractivity contribution is -0.143. The van der Waals surface area contributed by atoms with Gasteiger partial charge >= 0.3 is 18.4 Å². The Morgan fingerprint density at radius 3 is 2.12 bits per heavy atom. The summed E-state index contributed by atoms with van der Waals surface area (Å²) in [5.74, 6) is 0.152. The number of aromatic nitrogens is 2. The summed E-state index contributed by atoms with van der Waals surface area (Å²) < 4.78 is 87.0. The van der Waals surface area contributed by atoms with Gasteiger partial charge in [0.15, 0.2) is 0 Å². The van der Waals surface area contributed by atoms with Crippen molar-refractivity contribution in [1.82, 2.24) is 14.5 Å². The average Bonchev–Trinajstić information content (AvgIpc) is 2.94. The maximum Gasteiger partial charge on any atom is 0.416 e. The van der Waals surface area contributed by atoms with Crippen molar-refractivity contribution >= 4 is 22.6 Å². The summed E-state index contributed by atoms with van der Waals surface area (Å²) >= 11 is 0. The van der Waals surface area contributed by atoms with Gasteiger partial charge in [0.25, 0.3) is 5.56 Å². The molecule has 0 radical (unpaired) electrons. The maximum atomic E-state index is 13.7. The van der Waals surface area contributed by atoms with Crippen LogP contribution in [0.1, 0.15) is 36.3 Å². The molecular weight excluding hydrogens is 566 g/mol. The molecule has 4 rings (SSSR count). The Hall–Kier alpha value is -4.39. The Morgan fingerprint density at radius 1 is 0.952 bits per heavy atom. The number of fused-ring (bicyclic) bond motifs is 1. The van der Waals surface area contributed by atoms with Crippen LogP contribution in [0.4, 0.5) is 36.8 Å². The molecule has 7 nitrogen and oxygen atoms in total. The number of methoxy groups -OCH3 is 1. The van der Waals surface area contributed by atoms with E-state index in [1.165, 1.54) is 16.6 Å². The Labute approximate surface area is 236 Å². The zero-order valence-electron chi connectivity index (χ0n) is 22.5. The van der Waals surface area contributed by atoms with E-state index < -0.39 is 46.8 Å². The summed E-state index contributed by atoms with van der Waals surface area (Å²) in [6.07, 6.45) is -10.0. The second kappa shape index (κ2) is 12.2. The van der Waals surface area contributed by atoms with E-state index in [9.17, 15) is 35.9 Å². The molecule has 0 saturated carbocycles. The summed E-state index contributed by atoms with van der Waals surface area (Å²) in [5, 5.41) is 2.50. The molecule has 0 aliphatic rings. The van der Waals surface area contributed by atoms with Crippen LogP contribution in [0.5, 0.6) is 0 Å². The molecule has 13 heteroatoms. The first-order valence-corrected chi connectivity index (χ1v) is 12.8. The molecule has 0 bridgehead atoms. The molecule has 0 aliphatic carbocycles. The van der Waals surface area contributed by atoms with Gasteiger partial charge in [-0.15, -0.1) is 0 Å². The fourth-order valence-corrected chi connectivity index (χ4v) is 4.55. The molecule has 0 spiro atoms. The van der Waals surface area contributed by atoms with E-state index in [1.54, 1.807) is 61.5 Å². The van der Waals surface area contributed by atoms with E-state index in [-0.39, 0.29) is 31.5 Å². The number of nitrogens with one attached hydrogen (secondary N) is 1. The van der Waals surface area contributed by atoms with E-state index in [4.69, 9.17) is 9.72 Å². The largest absolute Gasteiger partial charge is 0.416 e. The predicted octanol–water partition coefficient (Wildman–Crippen LogP) is 7.05. The number of carbonyl (C=O) groups excluding carboxylic acids is 1. The molecule has 222 valence electrons. The number of halogens is 6. The number of ether oxygens (including phenoxy) is 1. The van der Waals surface area contributed by atoms with Gasteiger partial charge in [0, 0.05) is 19.3 Å². The van der Waals surface area contributed by atoms with E-state index in [0.717, 1.165) is 0 Å². The third-order valence-corrected chi connectivity index (χ3v) is 6.51. The van der Waals surface area contributed by atoms with Gasteiger partial charge in [-0.25, -0.2) is 9.78 Å². The number of alkyl halides is 6. The molecule has 1 unspecified atom stereocenters. The molecule has 1 heterocycles. The number of hydrogen-bond acceptors (Lipinski definition) is 4. The van der Waals surface area contributed by atoms with Crippen molar-refractivity contribution in [2.45, 2.75) is 31.7 Å². The first kappa shape index (κ1) is 30.6. The molecule has 1 atom stereocenters. The van der Waals surface area contributed by atoms with Crippen molar-refractivity contribution < 1.29 is 35.9 Å². The van der Waals surface area contributed by atoms with Crippen molar-refractivity contribution in [2.24, 2.45) is 0 Å². The van der Waals surface area contributed by atoms with Crippen LogP contribution in [-0.2, 0) is 17.1 Å². The third-order valence-electron chi connectivity index (χ3n) is 6.51. The smallest absolute Gasteiger partial charge is 0.383 e. The first-order chi connectivity index (χ1) is 19.8. The van der Waals surface area contributed by atoms with E-state index >= 15 is 0 Å². The van der Waals surface area contributed by atoms with Crippen LogP contribution in [-0.4, -0.2) is 40.7 Å². The summed E-state index contributed by atoms with van der Waals surface area (Å²) in [6.45, 7) is 1.56. The van der Waals surface area contributed by atoms with E-state index in [2.05, 4.69) is 5.32 Å². The molecular formula is C29H26F6N4O3. The van der Waals surface area contributed by atoms with Crippen molar-refractivity contribution in [1.29, 1.82) is 0 Å². The van der Waals surface area contributed by atoms with Crippen LogP contribution in [0.15, 0.2) is 77.6 Å². The highest BCUT2D eigenvalue weighted by molar-refractivity contribution is 5.90. The lowest BCUT2D eigenvalue weighted by atomic mass is 10.1. The highest BCUT2D eigenvalue weighted by Crippen LogP contribution is 2.38. The van der Waals surface area contributed by atoms with Crippen LogP contribution in [0, 0.1) is 0 Å². The van der Waals surface area contributed by atoms with E-state index in [1.807, 2.05) is 0 Å². The molecule has 1 aromatic heterocycles. The zero-order chi connectivity index (χ0) is 30.7. The minimum absolute atomic E-state index is 0.0231. The summed E-state index contributed by atoms with van der Waals surface area (Å²) in [4.78, 5) is 33.2. The van der Waals surface area contributed by atoms with Crippen LogP contribution >= 0.6 is 0 Å². The molecule has 0 fully saturated rings. The number of rotatable bonds is 8. The molecule has 4 aromatic rings. The molecule has 42 heavy (non-hydrogen) atoms. The van der Waals surface area contributed by atoms with Gasteiger partial charge < -0.3 is 15.0 Å². The lowest BCUT2D eigenvalue weighted by Crippen LogP contribution is -2.42. The van der Waals surface area contributed by atoms with Gasteiger partial charge in [-0.3, -0.25) is 9.36 Å². The first-order valence-electron chi connectivity index (χ1n) is 12.8. The fourth-order valence-electron chi connectivity index (χ4n) is 4.55. The topological polar surface area (TPSA) is 76.5 Å². The molecule has 0 aliphatic heterocycles. The average molecular weight is 593 g/mol. The highest BCUT2D eigenvalue weighted by atomic mass is 19.4. The zero-order valence-corrected chi connectivity index (χ0v) is 22.5. The predicted molar refractivity (Wildman–Crippen MR) is 144 cm³/mol. The summed E-state index contributed by atoms with van der Waals surface area (Å²) in [7, 11) is 1.37. The van der Waals surface area contributed by atoms with Crippen molar-refractivity contribution in [3.63, 3.8) is 0 Å². The van der Waals surface area contributed by atoms with E-state index in [0.29, 0.717) is 28.7 Å². The number of urea groups is 1. The quantitative estimate of drug-likeness (QED) is 0.223. The van der Waals surface area contributed by atoms with Crippen molar-refractivity contribution in [3.05, 3.63) is 100 Å². The van der Waals surface area contributed by atoms with Crippen molar-refractivity contribution in [2.75, 3.05) is 25.6 Å². The molecule has 1 N–H and O–H groups in total. The second-order valence-corrected chi connectivity index (χ2v) is 9.30. The second-order valence-electron chi connectivity index (χ2n) is 9.30. The Balaban J connectivity index is 1.84. The normalized spacial score (nSPS) is 12.8. The van der Waals surface area contributed by atoms with Gasteiger partial charge in [0.05, 0.1) is 40.4 Å². The van der Waals surface area contributed by atoms with Gasteiger partial charge in [0.1, 0.15) is 5.82 Å². The minimum atomic E-state index is -5.09. The molecule has 3 aromatic carbocycles. The Bertz CT molecular complexity index is 1590. The standard InChI is InChI=1S/C29H26F6N4O3/c1-3-24(25-37-23-12-8-7-11-22(23)26(40)39(25)21-9-5-4-6-10-21)38(13-14-42-2)27(41)36-20-16-18(28(30,31)32)15-19(17-20)29(33,34)35/h4-12,15-17,24H,3,13-14H2,1-2H3,(H,36,41). The maximum absolute atomic E-state index is 13.7. The number of anilines is 1. The van der Waals surface area contributed by atoms with Crippen LogP contribution in [0.25, 0.3) is 16.6 Å². The van der Waals surface area contributed by atoms with Crippen LogP contribution < -0.4 is 10.9 Å². The van der Waals surface area contributed by atoms with Crippen LogP contribution in [0.3, 0.4) is 0 Å². The van der Waals surface area contributed by atoms with Gasteiger partial charge in [0.2, 0.25) is 0 Å². The Kier molecular flexibility index (Phi) is 8.90. The lowest BCUT2D eigenvalue weighted by Gasteiger charge is -2.32.